The van der Waals surface area contributed by atoms with Gasteiger partial charge in [-0.2, -0.15) is 0 Å². The molecule has 0 aliphatic heterocycles. The maximum Gasteiger partial charge on any atom is 0.573 e. The van der Waals surface area contributed by atoms with E-state index in [2.05, 4.69) is 20.1 Å². The number of amides is 2. The van der Waals surface area contributed by atoms with Crippen LogP contribution in [0.5, 0.6) is 17.2 Å². The fourth-order valence-corrected chi connectivity index (χ4v) is 4.65. The summed E-state index contributed by atoms with van der Waals surface area (Å²) in [6, 6.07) is 19.1. The summed E-state index contributed by atoms with van der Waals surface area (Å²) in [4.78, 5) is 12.2. The van der Waals surface area contributed by atoms with E-state index in [1.54, 1.807) is 24.3 Å². The van der Waals surface area contributed by atoms with Gasteiger partial charge in [0, 0.05) is 17.8 Å². The number of urea groups is 1. The van der Waals surface area contributed by atoms with E-state index in [4.69, 9.17) is 4.74 Å². The van der Waals surface area contributed by atoms with Crippen LogP contribution in [0.2, 0.25) is 0 Å². The first-order chi connectivity index (χ1) is 19.9. The minimum absolute atomic E-state index is 0.167. The third kappa shape index (κ3) is 8.76. The quantitative estimate of drug-likeness (QED) is 0.0930. The molecule has 0 aliphatic rings. The van der Waals surface area contributed by atoms with E-state index in [-0.39, 0.29) is 28.6 Å². The number of carbonyl (C=O) groups excluding carboxylic acids is 1. The molecule has 42 heavy (non-hydrogen) atoms. The largest absolute Gasteiger partial charge is 0.573 e. The average molecular weight is 606 g/mol. The van der Waals surface area contributed by atoms with Crippen molar-refractivity contribution in [2.75, 3.05) is 22.0 Å². The maximum atomic E-state index is 13.1. The number of carbonyl (C=O) groups is 1. The summed E-state index contributed by atoms with van der Waals surface area (Å²) in [5.41, 5.74) is 1.13. The first-order valence-corrected chi connectivity index (χ1v) is 13.6. The highest BCUT2D eigenvalue weighted by atomic mass is 32.2. The highest BCUT2D eigenvalue weighted by Crippen LogP contribution is 2.29. The van der Waals surface area contributed by atoms with Gasteiger partial charge in [0.1, 0.15) is 23.1 Å². The van der Waals surface area contributed by atoms with E-state index in [1.807, 2.05) is 0 Å². The van der Waals surface area contributed by atoms with Gasteiger partial charge in [-0.25, -0.2) is 17.6 Å². The van der Waals surface area contributed by atoms with Gasteiger partial charge >= 0.3 is 12.4 Å². The van der Waals surface area contributed by atoms with Crippen molar-refractivity contribution in [3.8, 4) is 17.2 Å². The lowest BCUT2D eigenvalue weighted by Gasteiger charge is -2.13. The number of ether oxygens (including phenoxy) is 2. The molecule has 14 heteroatoms. The Labute approximate surface area is 237 Å². The van der Waals surface area contributed by atoms with E-state index in [0.717, 1.165) is 29.8 Å². The van der Waals surface area contributed by atoms with Gasteiger partial charge in [-0.1, -0.05) is 12.1 Å². The summed E-state index contributed by atoms with van der Waals surface area (Å²) < 4.78 is 86.7. The number of rotatable bonds is 10. The molecule has 0 bridgehead atoms. The van der Waals surface area contributed by atoms with E-state index < -0.39 is 34.0 Å². The number of phenols is 1. The number of alkyl halides is 3. The second-order valence-electron chi connectivity index (χ2n) is 8.69. The zero-order valence-electron chi connectivity index (χ0n) is 21.5. The Hall–Kier alpha value is -4.98. The zero-order chi connectivity index (χ0) is 30.3. The van der Waals surface area contributed by atoms with Crippen molar-refractivity contribution in [2.24, 2.45) is 0 Å². The molecule has 0 fully saturated rings. The lowest BCUT2D eigenvalue weighted by Crippen LogP contribution is -2.19. The number of hydrogen-bond donors (Lipinski definition) is 4. The maximum absolute atomic E-state index is 13.1. The van der Waals surface area contributed by atoms with Crippen LogP contribution in [0.4, 0.5) is 39.4 Å². The Morgan fingerprint density at radius 1 is 0.810 bits per heavy atom. The second-order valence-corrected chi connectivity index (χ2v) is 10.4. The molecular formula is C28H23F4N3O6S. The van der Waals surface area contributed by atoms with Crippen LogP contribution in [0.15, 0.2) is 95.9 Å². The molecule has 0 aliphatic carbocycles. The summed E-state index contributed by atoms with van der Waals surface area (Å²) in [5, 5.41) is 15.2. The van der Waals surface area contributed by atoms with Crippen molar-refractivity contribution in [1.82, 2.24) is 0 Å². The summed E-state index contributed by atoms with van der Waals surface area (Å²) in [6.45, 7) is 0.251. The van der Waals surface area contributed by atoms with Gasteiger partial charge in [0.15, 0.2) is 0 Å². The highest BCUT2D eigenvalue weighted by molar-refractivity contribution is 7.92. The molecule has 0 saturated carbocycles. The van der Waals surface area contributed by atoms with Gasteiger partial charge in [0.25, 0.3) is 10.0 Å². The topological polar surface area (TPSA) is 126 Å². The van der Waals surface area contributed by atoms with Crippen LogP contribution in [-0.2, 0) is 16.4 Å². The van der Waals surface area contributed by atoms with E-state index >= 15 is 0 Å². The first-order valence-electron chi connectivity index (χ1n) is 12.1. The van der Waals surface area contributed by atoms with Crippen LogP contribution in [0.1, 0.15) is 5.56 Å². The monoisotopic (exact) mass is 605 g/mol. The number of aromatic hydroxyl groups is 1. The van der Waals surface area contributed by atoms with Crippen LogP contribution in [0, 0.1) is 5.82 Å². The SMILES string of the molecule is O=C(Nc1ccc(OCCc2ccc(OC(F)(F)F)cc2)cc1)Nc1ccc(O)c(NS(=O)(=O)c2ccc(F)cc2)c1. The second kappa shape index (κ2) is 12.7. The van der Waals surface area contributed by atoms with Crippen molar-refractivity contribution >= 4 is 33.1 Å². The number of nitrogens with one attached hydrogen (secondary N) is 3. The fourth-order valence-electron chi connectivity index (χ4n) is 3.59. The number of benzene rings is 4. The number of halogens is 4. The Kier molecular flexibility index (Phi) is 9.06. The molecule has 0 atom stereocenters. The summed E-state index contributed by atoms with van der Waals surface area (Å²) in [7, 11) is -4.14. The third-order valence-electron chi connectivity index (χ3n) is 5.55. The number of anilines is 3. The molecule has 220 valence electrons. The zero-order valence-corrected chi connectivity index (χ0v) is 22.3. The highest BCUT2D eigenvalue weighted by Gasteiger charge is 2.30. The molecule has 2 amide bonds. The molecule has 4 aromatic carbocycles. The van der Waals surface area contributed by atoms with Crippen LogP contribution >= 0.6 is 0 Å². The van der Waals surface area contributed by atoms with E-state index in [0.29, 0.717) is 17.9 Å². The van der Waals surface area contributed by atoms with Crippen molar-refractivity contribution in [3.63, 3.8) is 0 Å². The van der Waals surface area contributed by atoms with Crippen LogP contribution in [-0.4, -0.2) is 32.5 Å². The molecule has 4 rings (SSSR count). The smallest absolute Gasteiger partial charge is 0.506 e. The molecule has 4 aromatic rings. The van der Waals surface area contributed by atoms with Crippen molar-refractivity contribution in [3.05, 3.63) is 102 Å². The Bertz CT molecular complexity index is 1630. The standard InChI is InChI=1S/C28H23F4N3O6S/c29-19-3-12-24(13-4-19)42(38,39)35-25-17-21(7-14-26(25)36)34-27(37)33-20-5-10-22(11-6-20)40-16-15-18-1-8-23(9-2-18)41-28(30,31)32/h1-14,17,35-36H,15-16H2,(H2,33,34,37). The molecule has 0 saturated heterocycles. The van der Waals surface area contributed by atoms with Crippen LogP contribution in [0.3, 0.4) is 0 Å². The lowest BCUT2D eigenvalue weighted by atomic mass is 10.1. The molecule has 0 aromatic heterocycles. The normalized spacial score (nSPS) is 11.4. The average Bonchev–Trinajstić information content (AvgIpc) is 2.92. The van der Waals surface area contributed by atoms with Crippen molar-refractivity contribution in [1.29, 1.82) is 0 Å². The Balaban J connectivity index is 1.27. The van der Waals surface area contributed by atoms with Gasteiger partial charge < -0.3 is 25.2 Å². The molecule has 0 heterocycles. The Morgan fingerprint density at radius 3 is 2.05 bits per heavy atom. The van der Waals surface area contributed by atoms with E-state index in [1.165, 1.54) is 42.5 Å². The fraction of sp³-hybridized carbons (Fsp3) is 0.107. The van der Waals surface area contributed by atoms with Crippen LogP contribution in [0.25, 0.3) is 0 Å². The number of phenolic OH excluding ortho intramolecular Hbond substituents is 1. The summed E-state index contributed by atoms with van der Waals surface area (Å²) in [6.07, 6.45) is -4.32. The molecule has 9 nitrogen and oxygen atoms in total. The lowest BCUT2D eigenvalue weighted by molar-refractivity contribution is -0.274. The number of sulfonamides is 1. The molecule has 4 N–H and O–H groups in total. The van der Waals surface area contributed by atoms with Gasteiger partial charge in [0.05, 0.1) is 17.2 Å². The molecular weight excluding hydrogens is 582 g/mol. The molecule has 0 spiro atoms. The van der Waals surface area contributed by atoms with Gasteiger partial charge in [-0.3, -0.25) is 4.72 Å². The molecule has 0 radical (unpaired) electrons. The first kappa shape index (κ1) is 30.0. The minimum atomic E-state index is -4.75. The van der Waals surface area contributed by atoms with Gasteiger partial charge in [-0.05, 0) is 84.4 Å². The van der Waals surface area contributed by atoms with Gasteiger partial charge in [0.2, 0.25) is 0 Å². The minimum Gasteiger partial charge on any atom is -0.506 e. The summed E-state index contributed by atoms with van der Waals surface area (Å²) >= 11 is 0. The van der Waals surface area contributed by atoms with Crippen molar-refractivity contribution < 1.29 is 45.4 Å². The third-order valence-corrected chi connectivity index (χ3v) is 6.93. The number of hydrogen-bond acceptors (Lipinski definition) is 6. The van der Waals surface area contributed by atoms with Crippen molar-refractivity contribution in [2.45, 2.75) is 17.7 Å². The van der Waals surface area contributed by atoms with E-state index in [9.17, 15) is 35.9 Å². The Morgan fingerprint density at radius 2 is 1.40 bits per heavy atom. The van der Waals surface area contributed by atoms with Gasteiger partial charge in [-0.15, -0.1) is 13.2 Å². The summed E-state index contributed by atoms with van der Waals surface area (Å²) in [5.74, 6) is -0.817. The predicted octanol–water partition coefficient (Wildman–Crippen LogP) is 6.50. The predicted molar refractivity (Wildman–Crippen MR) is 147 cm³/mol. The van der Waals surface area contributed by atoms with Crippen LogP contribution < -0.4 is 24.8 Å². The molecule has 0 unspecified atom stereocenters.